The van der Waals surface area contributed by atoms with Gasteiger partial charge in [-0.25, -0.2) is 9.78 Å². The van der Waals surface area contributed by atoms with E-state index in [2.05, 4.69) is 22.1 Å². The molecule has 2 unspecified atom stereocenters. The first-order valence-corrected chi connectivity index (χ1v) is 6.71. The lowest BCUT2D eigenvalue weighted by atomic mass is 9.94. The third kappa shape index (κ3) is 3.46. The van der Waals surface area contributed by atoms with Gasteiger partial charge in [-0.15, -0.1) is 0 Å². The Balaban J connectivity index is 2.23. The van der Waals surface area contributed by atoms with E-state index in [1.807, 2.05) is 7.05 Å². The molecule has 0 saturated carbocycles. The van der Waals surface area contributed by atoms with E-state index in [-0.39, 0.29) is 23.1 Å². The van der Waals surface area contributed by atoms with Crippen LogP contribution in [0.2, 0.25) is 0 Å². The number of likely N-dealkylation sites (tertiary alicyclic amines) is 1. The number of rotatable bonds is 4. The maximum atomic E-state index is 11.3. The second-order valence-corrected chi connectivity index (χ2v) is 5.43. The van der Waals surface area contributed by atoms with Gasteiger partial charge in [0.15, 0.2) is 0 Å². The molecular formula is C13H18N4O4. The number of piperidine rings is 1. The van der Waals surface area contributed by atoms with E-state index in [9.17, 15) is 20.0 Å². The van der Waals surface area contributed by atoms with Crippen molar-refractivity contribution < 1.29 is 14.8 Å². The van der Waals surface area contributed by atoms with Crippen molar-refractivity contribution in [3.05, 3.63) is 27.9 Å². The van der Waals surface area contributed by atoms with E-state index in [1.54, 1.807) is 0 Å². The molecule has 0 bridgehead atoms. The number of carboxylic acids is 1. The van der Waals surface area contributed by atoms with Gasteiger partial charge < -0.3 is 15.3 Å². The lowest BCUT2D eigenvalue weighted by Gasteiger charge is -2.35. The van der Waals surface area contributed by atoms with E-state index < -0.39 is 10.9 Å². The van der Waals surface area contributed by atoms with Crippen molar-refractivity contribution in [1.29, 1.82) is 0 Å². The molecule has 1 aliphatic rings. The summed E-state index contributed by atoms with van der Waals surface area (Å²) in [6, 6.07) is 1.14. The number of nitrogens with one attached hydrogen (secondary N) is 1. The fourth-order valence-corrected chi connectivity index (χ4v) is 2.58. The van der Waals surface area contributed by atoms with Crippen molar-refractivity contribution in [2.75, 3.05) is 25.5 Å². The summed E-state index contributed by atoms with van der Waals surface area (Å²) in [4.78, 5) is 27.5. The van der Waals surface area contributed by atoms with Crippen molar-refractivity contribution >= 4 is 17.5 Å². The van der Waals surface area contributed by atoms with Gasteiger partial charge in [0.05, 0.1) is 4.92 Å². The topological polar surface area (TPSA) is 109 Å². The zero-order valence-corrected chi connectivity index (χ0v) is 11.9. The monoisotopic (exact) mass is 294 g/mol. The molecule has 2 atom stereocenters. The summed E-state index contributed by atoms with van der Waals surface area (Å²) >= 11 is 0. The van der Waals surface area contributed by atoms with Gasteiger partial charge in [0.1, 0.15) is 17.6 Å². The number of hydrogen-bond acceptors (Lipinski definition) is 6. The molecule has 1 aliphatic heterocycles. The first-order valence-electron chi connectivity index (χ1n) is 6.71. The highest BCUT2D eigenvalue weighted by molar-refractivity contribution is 5.93. The number of hydrogen-bond donors (Lipinski definition) is 2. The first kappa shape index (κ1) is 15.2. The van der Waals surface area contributed by atoms with Crippen LogP contribution in [-0.4, -0.2) is 52.1 Å². The normalized spacial score (nSPS) is 22.8. The van der Waals surface area contributed by atoms with Crippen molar-refractivity contribution in [3.63, 3.8) is 0 Å². The number of nitrogens with zero attached hydrogens (tertiary/aromatic N) is 3. The molecule has 1 aromatic heterocycles. The molecule has 0 aromatic carbocycles. The van der Waals surface area contributed by atoms with E-state index in [1.165, 1.54) is 0 Å². The fourth-order valence-electron chi connectivity index (χ4n) is 2.58. The Kier molecular flexibility index (Phi) is 4.37. The summed E-state index contributed by atoms with van der Waals surface area (Å²) in [5, 5.41) is 23.0. The minimum Gasteiger partial charge on any atom is -0.478 e. The zero-order valence-electron chi connectivity index (χ0n) is 11.9. The molecule has 8 nitrogen and oxygen atoms in total. The van der Waals surface area contributed by atoms with Crippen molar-refractivity contribution in [2.45, 2.75) is 19.4 Å². The van der Waals surface area contributed by atoms with Crippen LogP contribution < -0.4 is 5.32 Å². The molecule has 0 radical (unpaired) electrons. The summed E-state index contributed by atoms with van der Waals surface area (Å²) in [7, 11) is 2.04. The van der Waals surface area contributed by atoms with Crippen LogP contribution in [0.4, 0.5) is 11.5 Å². The van der Waals surface area contributed by atoms with Crippen LogP contribution in [-0.2, 0) is 0 Å². The maximum absolute atomic E-state index is 11.3. The van der Waals surface area contributed by atoms with Crippen molar-refractivity contribution in [1.82, 2.24) is 9.88 Å². The molecule has 2 N–H and O–H groups in total. The second kappa shape index (κ2) is 6.04. The molecule has 1 saturated heterocycles. The molecule has 8 heteroatoms. The smallest absolute Gasteiger partial charge is 0.339 e. The van der Waals surface area contributed by atoms with Crippen LogP contribution >= 0.6 is 0 Å². The van der Waals surface area contributed by atoms with Gasteiger partial charge in [0.2, 0.25) is 0 Å². The predicted molar refractivity (Wildman–Crippen MR) is 76.5 cm³/mol. The Morgan fingerprint density at radius 2 is 2.33 bits per heavy atom. The number of nitro groups is 1. The molecule has 0 aliphatic carbocycles. The van der Waals surface area contributed by atoms with Gasteiger partial charge >= 0.3 is 5.97 Å². The summed E-state index contributed by atoms with van der Waals surface area (Å²) in [6.45, 7) is 3.91. The Labute approximate surface area is 121 Å². The van der Waals surface area contributed by atoms with E-state index >= 15 is 0 Å². The van der Waals surface area contributed by atoms with E-state index in [0.29, 0.717) is 5.92 Å². The number of pyridine rings is 1. The number of aromatic nitrogens is 1. The van der Waals surface area contributed by atoms with Crippen molar-refractivity contribution in [2.24, 2.45) is 5.92 Å². The molecule has 0 spiro atoms. The van der Waals surface area contributed by atoms with Crippen LogP contribution in [0.15, 0.2) is 12.3 Å². The molecule has 114 valence electrons. The zero-order chi connectivity index (χ0) is 15.6. The third-order valence-electron chi connectivity index (χ3n) is 3.74. The lowest BCUT2D eigenvalue weighted by molar-refractivity contribution is -0.385. The molecule has 2 heterocycles. The quantitative estimate of drug-likeness (QED) is 0.638. The average molecular weight is 294 g/mol. The van der Waals surface area contributed by atoms with Crippen LogP contribution in [0, 0.1) is 16.0 Å². The van der Waals surface area contributed by atoms with Crippen molar-refractivity contribution in [3.8, 4) is 0 Å². The van der Waals surface area contributed by atoms with E-state index in [4.69, 9.17) is 0 Å². The van der Waals surface area contributed by atoms with Gasteiger partial charge in [-0.3, -0.25) is 10.1 Å². The number of aromatic carboxylic acids is 1. The number of anilines is 1. The fraction of sp³-hybridized carbons (Fsp3) is 0.538. The largest absolute Gasteiger partial charge is 0.478 e. The molecule has 21 heavy (non-hydrogen) atoms. The molecule has 1 aromatic rings. The Hall–Kier alpha value is -2.22. The predicted octanol–water partition coefficient (Wildman–Crippen LogP) is 1.44. The van der Waals surface area contributed by atoms with Gasteiger partial charge in [0, 0.05) is 18.7 Å². The van der Waals surface area contributed by atoms with Gasteiger partial charge in [0.25, 0.3) is 5.69 Å². The van der Waals surface area contributed by atoms with Crippen LogP contribution in [0.5, 0.6) is 0 Å². The lowest BCUT2D eigenvalue weighted by Crippen LogP contribution is -2.43. The minimum absolute atomic E-state index is 0.105. The molecular weight excluding hydrogens is 276 g/mol. The Bertz CT molecular complexity index is 563. The summed E-state index contributed by atoms with van der Waals surface area (Å²) in [5.74, 6) is -0.703. The number of carbonyl (C=O) groups is 1. The first-order chi connectivity index (χ1) is 9.88. The highest BCUT2D eigenvalue weighted by Gasteiger charge is 2.26. The minimum atomic E-state index is -1.23. The molecule has 1 fully saturated rings. The van der Waals surface area contributed by atoms with Crippen LogP contribution in [0.3, 0.4) is 0 Å². The van der Waals surface area contributed by atoms with Crippen LogP contribution in [0.1, 0.15) is 23.7 Å². The second-order valence-electron chi connectivity index (χ2n) is 5.43. The summed E-state index contributed by atoms with van der Waals surface area (Å²) < 4.78 is 0. The van der Waals surface area contributed by atoms with Crippen LogP contribution in [0.25, 0.3) is 0 Å². The Morgan fingerprint density at radius 3 is 2.90 bits per heavy atom. The van der Waals surface area contributed by atoms with E-state index in [0.717, 1.165) is 31.8 Å². The summed E-state index contributed by atoms with van der Waals surface area (Å²) in [5.41, 5.74) is -0.496. The standard InChI is InChI=1S/C13H18N4O4/c1-8-7-16(2)4-3-11(8)15-12-10(13(18)19)5-9(6-14-12)17(20)21/h5-6,8,11H,3-4,7H2,1-2H3,(H,14,15)(H,18,19). The SMILES string of the molecule is CC1CN(C)CCC1Nc1ncc([N+](=O)[O-])cc1C(=O)O. The number of carboxylic acid groups (broad SMARTS) is 1. The average Bonchev–Trinajstić information content (AvgIpc) is 2.41. The maximum Gasteiger partial charge on any atom is 0.339 e. The Morgan fingerprint density at radius 1 is 1.62 bits per heavy atom. The highest BCUT2D eigenvalue weighted by atomic mass is 16.6. The third-order valence-corrected chi connectivity index (χ3v) is 3.74. The summed E-state index contributed by atoms with van der Waals surface area (Å²) in [6.07, 6.45) is 1.95. The van der Waals surface area contributed by atoms with Gasteiger partial charge in [-0.2, -0.15) is 0 Å². The molecule has 2 rings (SSSR count). The highest BCUT2D eigenvalue weighted by Crippen LogP contribution is 2.24. The van der Waals surface area contributed by atoms with Gasteiger partial charge in [-0.1, -0.05) is 6.92 Å². The molecule has 0 amide bonds. The van der Waals surface area contributed by atoms with Gasteiger partial charge in [-0.05, 0) is 25.9 Å².